The van der Waals surface area contributed by atoms with Crippen LogP contribution in [0, 0.1) is 0 Å². The lowest BCUT2D eigenvalue weighted by Gasteiger charge is -2.28. The molecule has 5 N–H and O–H groups in total. The summed E-state index contributed by atoms with van der Waals surface area (Å²) in [5.74, 6) is 0.0739. The number of amides is 2. The predicted octanol–water partition coefficient (Wildman–Crippen LogP) is 1.54. The number of hydrogen-bond donors (Lipinski definition) is 4. The van der Waals surface area contributed by atoms with E-state index in [1.165, 1.54) is 0 Å². The van der Waals surface area contributed by atoms with E-state index in [0.717, 1.165) is 18.4 Å². The molecule has 0 radical (unpaired) electrons. The monoisotopic (exact) mass is 276 g/mol. The van der Waals surface area contributed by atoms with Crippen molar-refractivity contribution in [2.75, 3.05) is 0 Å². The molecule has 6 nitrogen and oxygen atoms in total. The van der Waals surface area contributed by atoms with E-state index in [2.05, 4.69) is 15.8 Å². The first kappa shape index (κ1) is 14.2. The van der Waals surface area contributed by atoms with E-state index in [0.29, 0.717) is 19.4 Å². The second-order valence-electron chi connectivity index (χ2n) is 5.07. The number of oxime groups is 1. The van der Waals surface area contributed by atoms with Gasteiger partial charge in [-0.05, 0) is 18.4 Å². The fourth-order valence-corrected chi connectivity index (χ4v) is 2.56. The summed E-state index contributed by atoms with van der Waals surface area (Å²) in [4.78, 5) is 12.0. The molecule has 2 amide bonds. The number of amidine groups is 1. The Labute approximate surface area is 118 Å². The number of hydrogen-bond acceptors (Lipinski definition) is 3. The number of rotatable bonds is 4. The summed E-state index contributed by atoms with van der Waals surface area (Å²) in [5, 5.41) is 17.6. The third kappa shape index (κ3) is 3.20. The summed E-state index contributed by atoms with van der Waals surface area (Å²) >= 11 is 0. The Bertz CT molecular complexity index is 481. The van der Waals surface area contributed by atoms with E-state index in [1.54, 1.807) is 0 Å². The molecule has 1 aliphatic carbocycles. The van der Waals surface area contributed by atoms with Crippen molar-refractivity contribution in [1.82, 2.24) is 10.6 Å². The van der Waals surface area contributed by atoms with Crippen LogP contribution in [0.3, 0.4) is 0 Å². The molecule has 1 fully saturated rings. The van der Waals surface area contributed by atoms with Crippen molar-refractivity contribution in [3.63, 3.8) is 0 Å². The lowest BCUT2D eigenvalue weighted by atomic mass is 9.96. The fourth-order valence-electron chi connectivity index (χ4n) is 2.56. The van der Waals surface area contributed by atoms with Gasteiger partial charge >= 0.3 is 6.03 Å². The number of nitrogens with zero attached hydrogens (tertiary/aromatic N) is 1. The molecule has 0 unspecified atom stereocenters. The van der Waals surface area contributed by atoms with Gasteiger partial charge in [0.1, 0.15) is 5.54 Å². The first-order valence-corrected chi connectivity index (χ1v) is 6.74. The molecule has 0 aromatic heterocycles. The lowest BCUT2D eigenvalue weighted by molar-refractivity contribution is 0.231. The van der Waals surface area contributed by atoms with E-state index in [-0.39, 0.29) is 11.9 Å². The van der Waals surface area contributed by atoms with Crippen LogP contribution in [0.15, 0.2) is 35.5 Å². The minimum Gasteiger partial charge on any atom is -0.409 e. The minimum absolute atomic E-state index is 0.0739. The highest BCUT2D eigenvalue weighted by Gasteiger charge is 2.39. The second kappa shape index (κ2) is 6.27. The van der Waals surface area contributed by atoms with Gasteiger partial charge in [-0.2, -0.15) is 0 Å². The van der Waals surface area contributed by atoms with Crippen LogP contribution in [-0.4, -0.2) is 22.6 Å². The van der Waals surface area contributed by atoms with Crippen LogP contribution < -0.4 is 16.4 Å². The van der Waals surface area contributed by atoms with E-state index in [9.17, 15) is 4.79 Å². The number of carbonyl (C=O) groups is 1. The summed E-state index contributed by atoms with van der Waals surface area (Å²) < 4.78 is 0. The summed E-state index contributed by atoms with van der Waals surface area (Å²) in [6.45, 7) is 0.443. The number of nitrogens with two attached hydrogens (primary N) is 1. The molecule has 0 saturated heterocycles. The Balaban J connectivity index is 1.93. The highest BCUT2D eigenvalue weighted by Crippen LogP contribution is 2.29. The molecule has 6 heteroatoms. The second-order valence-corrected chi connectivity index (χ2v) is 5.07. The molecular formula is C14H20N4O2. The number of urea groups is 1. The van der Waals surface area contributed by atoms with Crippen molar-refractivity contribution in [2.45, 2.75) is 37.8 Å². The van der Waals surface area contributed by atoms with Gasteiger partial charge in [0.25, 0.3) is 0 Å². The van der Waals surface area contributed by atoms with E-state index < -0.39 is 5.54 Å². The van der Waals surface area contributed by atoms with Crippen LogP contribution in [0.25, 0.3) is 0 Å². The fraction of sp³-hybridized carbons (Fsp3) is 0.429. The zero-order chi connectivity index (χ0) is 14.4. The van der Waals surface area contributed by atoms with Gasteiger partial charge in [-0.1, -0.05) is 48.3 Å². The largest absolute Gasteiger partial charge is 0.409 e. The Morgan fingerprint density at radius 3 is 2.55 bits per heavy atom. The van der Waals surface area contributed by atoms with Crippen LogP contribution in [0.4, 0.5) is 4.79 Å². The highest BCUT2D eigenvalue weighted by molar-refractivity contribution is 5.93. The minimum atomic E-state index is -0.713. The predicted molar refractivity (Wildman–Crippen MR) is 76.4 cm³/mol. The van der Waals surface area contributed by atoms with Crippen molar-refractivity contribution >= 4 is 11.9 Å². The normalized spacial score (nSPS) is 17.7. The molecule has 1 aromatic rings. The maximum atomic E-state index is 12.0. The molecule has 2 rings (SSSR count). The summed E-state index contributed by atoms with van der Waals surface area (Å²) in [5.41, 5.74) is 6.03. The van der Waals surface area contributed by atoms with Crippen molar-refractivity contribution < 1.29 is 10.0 Å². The first-order valence-electron chi connectivity index (χ1n) is 6.74. The molecule has 0 heterocycles. The van der Waals surface area contributed by atoms with Gasteiger partial charge in [-0.25, -0.2) is 4.79 Å². The smallest absolute Gasteiger partial charge is 0.315 e. The van der Waals surface area contributed by atoms with Crippen LogP contribution >= 0.6 is 0 Å². The van der Waals surface area contributed by atoms with Gasteiger partial charge in [-0.3, -0.25) is 0 Å². The third-order valence-electron chi connectivity index (χ3n) is 3.70. The average Bonchev–Trinajstić information content (AvgIpc) is 2.95. The first-order chi connectivity index (χ1) is 9.66. The molecule has 108 valence electrons. The van der Waals surface area contributed by atoms with Crippen molar-refractivity contribution in [3.8, 4) is 0 Å². The standard InChI is InChI=1S/C14H20N4O2/c15-12(18-20)14(8-4-5-9-14)17-13(19)16-10-11-6-2-1-3-7-11/h1-3,6-7,20H,4-5,8-10H2,(H2,15,18)(H2,16,17,19). The zero-order valence-electron chi connectivity index (χ0n) is 11.3. The van der Waals surface area contributed by atoms with Gasteiger partial charge in [0.2, 0.25) is 0 Å². The molecule has 0 aliphatic heterocycles. The Kier molecular flexibility index (Phi) is 4.45. The Hall–Kier alpha value is -2.24. The maximum absolute atomic E-state index is 12.0. The number of carbonyl (C=O) groups excluding carboxylic acids is 1. The van der Waals surface area contributed by atoms with Crippen molar-refractivity contribution in [2.24, 2.45) is 10.9 Å². The number of benzene rings is 1. The van der Waals surface area contributed by atoms with E-state index >= 15 is 0 Å². The van der Waals surface area contributed by atoms with Gasteiger partial charge in [0, 0.05) is 6.54 Å². The van der Waals surface area contributed by atoms with E-state index in [1.807, 2.05) is 30.3 Å². The molecule has 1 saturated carbocycles. The maximum Gasteiger partial charge on any atom is 0.315 e. The quantitative estimate of drug-likeness (QED) is 0.290. The van der Waals surface area contributed by atoms with Crippen molar-refractivity contribution in [1.29, 1.82) is 0 Å². The lowest BCUT2D eigenvalue weighted by Crippen LogP contribution is -2.58. The molecule has 1 aromatic carbocycles. The summed E-state index contributed by atoms with van der Waals surface area (Å²) in [6, 6.07) is 9.34. The van der Waals surface area contributed by atoms with E-state index in [4.69, 9.17) is 10.9 Å². The molecule has 0 bridgehead atoms. The Morgan fingerprint density at radius 1 is 1.30 bits per heavy atom. The van der Waals surface area contributed by atoms with Crippen LogP contribution in [-0.2, 0) is 6.54 Å². The average molecular weight is 276 g/mol. The molecule has 1 aliphatic rings. The van der Waals surface area contributed by atoms with Gasteiger partial charge in [0.05, 0.1) is 0 Å². The van der Waals surface area contributed by atoms with Crippen LogP contribution in [0.1, 0.15) is 31.2 Å². The Morgan fingerprint density at radius 2 is 1.95 bits per heavy atom. The topological polar surface area (TPSA) is 99.7 Å². The summed E-state index contributed by atoms with van der Waals surface area (Å²) in [7, 11) is 0. The zero-order valence-corrected chi connectivity index (χ0v) is 11.3. The van der Waals surface area contributed by atoms with Crippen LogP contribution in [0.5, 0.6) is 0 Å². The summed E-state index contributed by atoms with van der Waals surface area (Å²) in [6.07, 6.45) is 3.30. The molecule has 20 heavy (non-hydrogen) atoms. The molecule has 0 atom stereocenters. The SMILES string of the molecule is N/C(=N/O)C1(NC(=O)NCc2ccccc2)CCCC1. The van der Waals surface area contributed by atoms with Crippen molar-refractivity contribution in [3.05, 3.63) is 35.9 Å². The van der Waals surface area contributed by atoms with Crippen LogP contribution in [0.2, 0.25) is 0 Å². The highest BCUT2D eigenvalue weighted by atomic mass is 16.4. The third-order valence-corrected chi connectivity index (χ3v) is 3.70. The van der Waals surface area contributed by atoms with Gasteiger partial charge in [0.15, 0.2) is 5.84 Å². The molecular weight excluding hydrogens is 256 g/mol. The molecule has 0 spiro atoms. The number of nitrogens with one attached hydrogen (secondary N) is 2. The van der Waals surface area contributed by atoms with Gasteiger partial charge < -0.3 is 21.6 Å². The van der Waals surface area contributed by atoms with Gasteiger partial charge in [-0.15, -0.1) is 0 Å².